The molecule has 3 aromatic rings. The lowest BCUT2D eigenvalue weighted by molar-refractivity contribution is -0.0251. The molecule has 2 atom stereocenters. The number of nitrogens with zero attached hydrogens (tertiary/aromatic N) is 1. The van der Waals surface area contributed by atoms with E-state index in [4.69, 9.17) is 13.7 Å². The summed E-state index contributed by atoms with van der Waals surface area (Å²) in [5.41, 5.74) is 1.12. The average Bonchev–Trinajstić information content (AvgIpc) is 3.26. The Morgan fingerprint density at radius 3 is 1.68 bits per heavy atom. The van der Waals surface area contributed by atoms with Gasteiger partial charge in [0.05, 0.1) is 31.6 Å². The zero-order valence-corrected chi connectivity index (χ0v) is 23.1. The molecule has 7 nitrogen and oxygen atoms in total. The predicted octanol–water partition coefficient (Wildman–Crippen LogP) is 5.35. The van der Waals surface area contributed by atoms with E-state index in [0.29, 0.717) is 6.42 Å². The van der Waals surface area contributed by atoms with Gasteiger partial charge in [0.25, 0.3) is 10.1 Å². The van der Waals surface area contributed by atoms with Crippen LogP contribution in [0.3, 0.4) is 0 Å². The molecule has 0 aromatic heterocycles. The largest absolute Gasteiger partial charge is 0.444 e. The third kappa shape index (κ3) is 6.62. The summed E-state index contributed by atoms with van der Waals surface area (Å²) in [5, 5.41) is 0. The number of carbonyl (C=O) groups excluding carboxylic acids is 1. The molecule has 0 N–H and O–H groups in total. The van der Waals surface area contributed by atoms with E-state index >= 15 is 0 Å². The summed E-state index contributed by atoms with van der Waals surface area (Å²) < 4.78 is 41.6. The zero-order valence-electron chi connectivity index (χ0n) is 22.2. The van der Waals surface area contributed by atoms with Gasteiger partial charge in [0.2, 0.25) is 0 Å². The van der Waals surface area contributed by atoms with Crippen molar-refractivity contribution >= 4 is 16.2 Å². The number of hydrogen-bond acceptors (Lipinski definition) is 6. The highest BCUT2D eigenvalue weighted by Crippen LogP contribution is 2.41. The van der Waals surface area contributed by atoms with Crippen LogP contribution in [0.25, 0.3) is 0 Å². The first-order valence-corrected chi connectivity index (χ1v) is 14.5. The van der Waals surface area contributed by atoms with E-state index < -0.39 is 39.6 Å². The lowest BCUT2D eigenvalue weighted by Gasteiger charge is -2.38. The fourth-order valence-corrected chi connectivity index (χ4v) is 5.52. The van der Waals surface area contributed by atoms with Crippen LogP contribution in [0.2, 0.25) is 0 Å². The molecule has 0 saturated carbocycles. The quantitative estimate of drug-likeness (QED) is 0.285. The van der Waals surface area contributed by atoms with Crippen molar-refractivity contribution in [3.63, 3.8) is 0 Å². The molecule has 1 fully saturated rings. The summed E-state index contributed by atoms with van der Waals surface area (Å²) in [5.74, 6) is 0. The number of ether oxygens (including phenoxy) is 2. The van der Waals surface area contributed by atoms with Crippen LogP contribution in [-0.4, -0.2) is 56.6 Å². The van der Waals surface area contributed by atoms with Crippen molar-refractivity contribution in [2.75, 3.05) is 19.4 Å². The second kappa shape index (κ2) is 11.3. The summed E-state index contributed by atoms with van der Waals surface area (Å²) in [6.45, 7) is 5.60. The Morgan fingerprint density at radius 1 is 0.842 bits per heavy atom. The first-order chi connectivity index (χ1) is 18.0. The van der Waals surface area contributed by atoms with Crippen LogP contribution in [0, 0.1) is 0 Å². The number of likely N-dealkylation sites (tertiary alicyclic amines) is 1. The van der Waals surface area contributed by atoms with Gasteiger partial charge in [-0.2, -0.15) is 8.42 Å². The van der Waals surface area contributed by atoms with E-state index in [1.165, 1.54) is 4.90 Å². The molecule has 3 aromatic carbocycles. The maximum atomic E-state index is 13.2. The molecular weight excluding hydrogens is 502 g/mol. The highest BCUT2D eigenvalue weighted by atomic mass is 32.2. The first-order valence-electron chi connectivity index (χ1n) is 12.7. The first kappa shape index (κ1) is 27.8. The van der Waals surface area contributed by atoms with Crippen LogP contribution < -0.4 is 0 Å². The van der Waals surface area contributed by atoms with Crippen molar-refractivity contribution in [1.29, 1.82) is 0 Å². The van der Waals surface area contributed by atoms with Gasteiger partial charge >= 0.3 is 6.09 Å². The van der Waals surface area contributed by atoms with E-state index in [0.717, 1.165) is 22.9 Å². The smallest absolute Gasteiger partial charge is 0.410 e. The molecule has 1 saturated heterocycles. The Labute approximate surface area is 225 Å². The van der Waals surface area contributed by atoms with Crippen molar-refractivity contribution in [2.45, 2.75) is 50.5 Å². The molecule has 38 heavy (non-hydrogen) atoms. The number of benzene rings is 3. The van der Waals surface area contributed by atoms with Gasteiger partial charge in [0, 0.05) is 0 Å². The molecule has 8 heteroatoms. The maximum absolute atomic E-state index is 13.2. The molecule has 4 rings (SSSR count). The van der Waals surface area contributed by atoms with Crippen molar-refractivity contribution in [1.82, 2.24) is 4.90 Å². The van der Waals surface area contributed by atoms with Gasteiger partial charge in [-0.3, -0.25) is 4.18 Å². The normalized spacial score (nSPS) is 18.4. The molecule has 0 unspecified atom stereocenters. The molecular formula is C30H35NO6S. The lowest BCUT2D eigenvalue weighted by Crippen LogP contribution is -2.44. The monoisotopic (exact) mass is 537 g/mol. The second-order valence-electron chi connectivity index (χ2n) is 10.5. The van der Waals surface area contributed by atoms with Crippen LogP contribution in [0.1, 0.15) is 43.9 Å². The molecule has 0 bridgehead atoms. The fourth-order valence-electron chi connectivity index (χ4n) is 4.88. The molecule has 1 aliphatic heterocycles. The summed E-state index contributed by atoms with van der Waals surface area (Å²) in [6.07, 6.45) is 0.0850. The standard InChI is InChI=1S/C30H35NO6S/c1-29(2,3)36-28(32)31-21-27(37-38(4,33)34)20-26(31)22-35-30(23-14-8-5-9-15-23,24-16-10-6-11-17-24)25-18-12-7-13-19-25/h5-19,26-27H,20-22H2,1-4H3/t26-,27-/m0/s1. The van der Waals surface area contributed by atoms with E-state index in [-0.39, 0.29) is 13.2 Å². The summed E-state index contributed by atoms with van der Waals surface area (Å²) >= 11 is 0. The molecule has 1 amide bonds. The molecule has 0 radical (unpaired) electrons. The summed E-state index contributed by atoms with van der Waals surface area (Å²) in [6, 6.07) is 29.4. The fraction of sp³-hybridized carbons (Fsp3) is 0.367. The predicted molar refractivity (Wildman–Crippen MR) is 146 cm³/mol. The minimum absolute atomic E-state index is 0.0883. The Morgan fingerprint density at radius 2 is 1.29 bits per heavy atom. The highest BCUT2D eigenvalue weighted by molar-refractivity contribution is 7.86. The van der Waals surface area contributed by atoms with Crippen LogP contribution in [0.4, 0.5) is 4.79 Å². The van der Waals surface area contributed by atoms with Gasteiger partial charge in [-0.1, -0.05) is 91.0 Å². The minimum atomic E-state index is -3.71. The number of carbonyl (C=O) groups is 1. The van der Waals surface area contributed by atoms with E-state index in [1.807, 2.05) is 91.0 Å². The summed E-state index contributed by atoms with van der Waals surface area (Å²) in [4.78, 5) is 14.7. The van der Waals surface area contributed by atoms with Gasteiger partial charge in [-0.25, -0.2) is 4.79 Å². The summed E-state index contributed by atoms with van der Waals surface area (Å²) in [7, 11) is -3.71. The number of rotatable bonds is 8. The van der Waals surface area contributed by atoms with Crippen molar-refractivity contribution in [2.24, 2.45) is 0 Å². The Hall–Kier alpha value is -3.20. The topological polar surface area (TPSA) is 82.1 Å². The Balaban J connectivity index is 1.74. The lowest BCUT2D eigenvalue weighted by atomic mass is 9.80. The minimum Gasteiger partial charge on any atom is -0.444 e. The van der Waals surface area contributed by atoms with Gasteiger partial charge in [-0.15, -0.1) is 0 Å². The number of amides is 1. The van der Waals surface area contributed by atoms with Crippen molar-refractivity contribution in [3.05, 3.63) is 108 Å². The average molecular weight is 538 g/mol. The molecule has 0 spiro atoms. The van der Waals surface area contributed by atoms with Gasteiger partial charge in [0.15, 0.2) is 0 Å². The molecule has 1 aliphatic rings. The van der Waals surface area contributed by atoms with Crippen LogP contribution in [0.5, 0.6) is 0 Å². The van der Waals surface area contributed by atoms with Gasteiger partial charge < -0.3 is 14.4 Å². The van der Waals surface area contributed by atoms with Crippen molar-refractivity contribution < 1.29 is 26.9 Å². The van der Waals surface area contributed by atoms with E-state index in [1.54, 1.807) is 20.8 Å². The van der Waals surface area contributed by atoms with Crippen molar-refractivity contribution in [3.8, 4) is 0 Å². The number of hydrogen-bond donors (Lipinski definition) is 0. The van der Waals surface area contributed by atoms with Crippen LogP contribution >= 0.6 is 0 Å². The maximum Gasteiger partial charge on any atom is 0.410 e. The third-order valence-corrected chi connectivity index (χ3v) is 6.97. The molecule has 0 aliphatic carbocycles. The van der Waals surface area contributed by atoms with Gasteiger partial charge in [-0.05, 0) is 43.9 Å². The van der Waals surface area contributed by atoms with E-state index in [2.05, 4.69) is 0 Å². The Kier molecular flexibility index (Phi) is 8.25. The SMILES string of the molecule is CC(C)(C)OC(=O)N1C[C@@H](OS(C)(=O)=O)C[C@H]1COC(c1ccccc1)(c1ccccc1)c1ccccc1. The third-order valence-electron chi connectivity index (χ3n) is 6.35. The van der Waals surface area contributed by atoms with E-state index in [9.17, 15) is 13.2 Å². The zero-order chi connectivity index (χ0) is 27.4. The Bertz CT molecular complexity index is 1210. The second-order valence-corrected chi connectivity index (χ2v) is 12.1. The highest BCUT2D eigenvalue weighted by Gasteiger charge is 2.43. The van der Waals surface area contributed by atoms with Crippen LogP contribution in [0.15, 0.2) is 91.0 Å². The molecule has 202 valence electrons. The molecule has 1 heterocycles. The van der Waals surface area contributed by atoms with Gasteiger partial charge in [0.1, 0.15) is 11.2 Å². The van der Waals surface area contributed by atoms with Crippen LogP contribution in [-0.2, 0) is 29.4 Å².